The number of ether oxygens (including phenoxy) is 2. The number of anilines is 1. The Hall–Kier alpha value is -1.89. The monoisotopic (exact) mass is 368 g/mol. The van der Waals surface area contributed by atoms with Gasteiger partial charge in [0.15, 0.2) is 5.72 Å². The Balaban J connectivity index is 1.72. The number of esters is 1. The molecule has 0 amide bonds. The van der Waals surface area contributed by atoms with E-state index in [4.69, 9.17) is 9.47 Å². The number of carbonyl (C=O) groups excluding carboxylic acids is 1. The van der Waals surface area contributed by atoms with Crippen LogP contribution in [-0.4, -0.2) is 59.6 Å². The van der Waals surface area contributed by atoms with E-state index in [1.807, 2.05) is 25.1 Å². The average Bonchev–Trinajstić information content (AvgIpc) is 3.28. The molecule has 27 heavy (non-hydrogen) atoms. The minimum Gasteiger partial charge on any atom is -0.467 e. The Bertz CT molecular complexity index is 902. The molecule has 6 rings (SSSR count). The second kappa shape index (κ2) is 4.57. The van der Waals surface area contributed by atoms with Crippen LogP contribution in [0.25, 0.3) is 0 Å². The van der Waals surface area contributed by atoms with Crippen molar-refractivity contribution in [2.45, 2.75) is 48.7 Å². The SMILES string of the molecule is COC(=O)[C@]12C[C@@]3(C=CCN4CC[C@@]5(c6ccccc6N[C@@]15O)[C@H]43)[C@H](C)O2. The molecule has 5 aliphatic rings. The maximum absolute atomic E-state index is 13.1. The quantitative estimate of drug-likeness (QED) is 0.577. The van der Waals surface area contributed by atoms with Crippen molar-refractivity contribution in [2.75, 3.05) is 25.5 Å². The number of benzene rings is 1. The summed E-state index contributed by atoms with van der Waals surface area (Å²) in [5, 5.41) is 15.7. The highest BCUT2D eigenvalue weighted by Crippen LogP contribution is 2.72. The van der Waals surface area contributed by atoms with E-state index >= 15 is 0 Å². The molecular formula is C21H24N2O4. The van der Waals surface area contributed by atoms with E-state index in [-0.39, 0.29) is 17.6 Å². The zero-order valence-corrected chi connectivity index (χ0v) is 15.6. The van der Waals surface area contributed by atoms with Gasteiger partial charge in [0, 0.05) is 30.1 Å². The van der Waals surface area contributed by atoms with E-state index in [1.54, 1.807) is 0 Å². The van der Waals surface area contributed by atoms with E-state index in [0.29, 0.717) is 6.42 Å². The van der Waals surface area contributed by atoms with Gasteiger partial charge < -0.3 is 19.9 Å². The Labute approximate surface area is 158 Å². The summed E-state index contributed by atoms with van der Waals surface area (Å²) in [5.74, 6) is -0.496. The van der Waals surface area contributed by atoms with Crippen molar-refractivity contribution in [3.63, 3.8) is 0 Å². The van der Waals surface area contributed by atoms with Crippen molar-refractivity contribution in [3.8, 4) is 0 Å². The Kier molecular flexibility index (Phi) is 2.72. The summed E-state index contributed by atoms with van der Waals surface area (Å²) in [6.07, 6.45) is 5.44. The zero-order valence-electron chi connectivity index (χ0n) is 15.6. The molecule has 1 aromatic rings. The third-order valence-electron chi connectivity index (χ3n) is 8.06. The fraction of sp³-hybridized carbons (Fsp3) is 0.571. The standard InChI is InChI=1S/C21H24N2O4/c1-13-18-8-5-10-23-11-9-19(16(18)23)14-6-3-4-7-15(14)22-21(19,25)20(12-18,27-13)17(24)26-2/h3-8,13,16,22,25H,9-12H2,1-2H3/t13-,16+,18-,19+,20+,21-/m0/s1. The molecule has 2 saturated heterocycles. The molecule has 1 aromatic carbocycles. The van der Waals surface area contributed by atoms with Gasteiger partial charge in [0.25, 0.3) is 0 Å². The number of hydrogen-bond acceptors (Lipinski definition) is 6. The van der Waals surface area contributed by atoms with Crippen molar-refractivity contribution in [1.29, 1.82) is 0 Å². The normalized spacial score (nSPS) is 48.6. The molecule has 1 aliphatic carbocycles. The zero-order chi connectivity index (χ0) is 18.7. The molecule has 0 unspecified atom stereocenters. The Morgan fingerprint density at radius 3 is 3.04 bits per heavy atom. The van der Waals surface area contributed by atoms with E-state index in [1.165, 1.54) is 7.11 Å². The molecule has 3 fully saturated rings. The number of carbonyl (C=O) groups is 1. The summed E-state index contributed by atoms with van der Waals surface area (Å²) in [4.78, 5) is 15.6. The van der Waals surface area contributed by atoms with Crippen LogP contribution in [0.1, 0.15) is 25.3 Å². The first-order chi connectivity index (χ1) is 13.0. The predicted octanol–water partition coefficient (Wildman–Crippen LogP) is 1.40. The molecular weight excluding hydrogens is 344 g/mol. The number of rotatable bonds is 1. The van der Waals surface area contributed by atoms with Gasteiger partial charge in [0.1, 0.15) is 0 Å². The highest BCUT2D eigenvalue weighted by Gasteiger charge is 2.86. The lowest BCUT2D eigenvalue weighted by Gasteiger charge is -2.59. The average molecular weight is 368 g/mol. The number of nitrogens with zero attached hydrogens (tertiary/aromatic N) is 1. The van der Waals surface area contributed by atoms with Gasteiger partial charge in [-0.3, -0.25) is 4.90 Å². The summed E-state index contributed by atoms with van der Waals surface area (Å²) in [7, 11) is 1.37. The molecule has 2 spiro atoms. The van der Waals surface area contributed by atoms with E-state index in [9.17, 15) is 9.90 Å². The molecule has 6 nitrogen and oxygen atoms in total. The van der Waals surface area contributed by atoms with Gasteiger partial charge in [-0.1, -0.05) is 30.4 Å². The number of fused-ring (bicyclic) bond motifs is 3. The molecule has 6 heteroatoms. The van der Waals surface area contributed by atoms with Crippen molar-refractivity contribution in [2.24, 2.45) is 5.41 Å². The van der Waals surface area contributed by atoms with E-state index in [0.717, 1.165) is 30.8 Å². The third-order valence-corrected chi connectivity index (χ3v) is 8.06. The summed E-state index contributed by atoms with van der Waals surface area (Å²) in [6.45, 7) is 3.78. The predicted molar refractivity (Wildman–Crippen MR) is 98.2 cm³/mol. The number of para-hydroxylation sites is 1. The van der Waals surface area contributed by atoms with Crippen molar-refractivity contribution in [3.05, 3.63) is 42.0 Å². The molecule has 2 N–H and O–H groups in total. The van der Waals surface area contributed by atoms with Gasteiger partial charge in [-0.25, -0.2) is 4.79 Å². The largest absolute Gasteiger partial charge is 0.467 e. The van der Waals surface area contributed by atoms with Crippen molar-refractivity contribution < 1.29 is 19.4 Å². The second-order valence-corrected chi connectivity index (χ2v) is 8.77. The van der Waals surface area contributed by atoms with Gasteiger partial charge in [-0.2, -0.15) is 0 Å². The number of aliphatic hydroxyl groups is 1. The highest BCUT2D eigenvalue weighted by atomic mass is 16.6. The summed E-state index contributed by atoms with van der Waals surface area (Å²) in [6, 6.07) is 8.12. The van der Waals surface area contributed by atoms with Gasteiger partial charge in [0.2, 0.25) is 5.60 Å². The lowest BCUT2D eigenvalue weighted by molar-refractivity contribution is -0.216. The van der Waals surface area contributed by atoms with Crippen LogP contribution in [0.4, 0.5) is 5.69 Å². The molecule has 4 heterocycles. The third kappa shape index (κ3) is 1.39. The number of hydrogen-bond donors (Lipinski definition) is 2. The van der Waals surface area contributed by atoms with E-state index < -0.39 is 22.7 Å². The van der Waals surface area contributed by atoms with Gasteiger partial charge in [-0.15, -0.1) is 0 Å². The minimum absolute atomic E-state index is 0.0754. The molecule has 4 aliphatic heterocycles. The van der Waals surface area contributed by atoms with Gasteiger partial charge in [-0.05, 0) is 31.5 Å². The fourth-order valence-electron chi connectivity index (χ4n) is 7.18. The Morgan fingerprint density at radius 1 is 1.41 bits per heavy atom. The highest BCUT2D eigenvalue weighted by molar-refractivity contribution is 5.87. The Morgan fingerprint density at radius 2 is 2.22 bits per heavy atom. The molecule has 1 saturated carbocycles. The maximum atomic E-state index is 13.1. The number of methoxy groups -OCH3 is 1. The summed E-state index contributed by atoms with van der Waals surface area (Å²) < 4.78 is 11.6. The molecule has 142 valence electrons. The van der Waals surface area contributed by atoms with Crippen LogP contribution in [0.5, 0.6) is 0 Å². The van der Waals surface area contributed by atoms with Crippen LogP contribution in [-0.2, 0) is 19.7 Å². The van der Waals surface area contributed by atoms with Crippen LogP contribution in [0.2, 0.25) is 0 Å². The van der Waals surface area contributed by atoms with E-state index in [2.05, 4.69) is 28.4 Å². The molecule has 2 bridgehead atoms. The first kappa shape index (κ1) is 16.1. The molecule has 0 aromatic heterocycles. The van der Waals surface area contributed by atoms with Gasteiger partial charge >= 0.3 is 5.97 Å². The summed E-state index contributed by atoms with van der Waals surface area (Å²) >= 11 is 0. The topological polar surface area (TPSA) is 71.0 Å². The van der Waals surface area contributed by atoms with Crippen LogP contribution in [0, 0.1) is 5.41 Å². The van der Waals surface area contributed by atoms with Crippen LogP contribution < -0.4 is 5.32 Å². The van der Waals surface area contributed by atoms with Gasteiger partial charge in [0.05, 0.1) is 18.6 Å². The molecule has 0 radical (unpaired) electrons. The number of nitrogens with one attached hydrogen (secondary N) is 1. The van der Waals surface area contributed by atoms with Crippen LogP contribution >= 0.6 is 0 Å². The first-order valence-electron chi connectivity index (χ1n) is 9.73. The van der Waals surface area contributed by atoms with Crippen LogP contribution in [0.15, 0.2) is 36.4 Å². The second-order valence-electron chi connectivity index (χ2n) is 8.77. The van der Waals surface area contributed by atoms with Crippen LogP contribution in [0.3, 0.4) is 0 Å². The lowest BCUT2D eigenvalue weighted by Crippen LogP contribution is -2.77. The first-order valence-corrected chi connectivity index (χ1v) is 9.73. The van der Waals surface area contributed by atoms with Crippen molar-refractivity contribution in [1.82, 2.24) is 4.90 Å². The minimum atomic E-state index is -1.55. The summed E-state index contributed by atoms with van der Waals surface area (Å²) in [5.41, 5.74) is -1.95. The smallest absolute Gasteiger partial charge is 0.343 e. The van der Waals surface area contributed by atoms with Crippen molar-refractivity contribution >= 4 is 11.7 Å². The maximum Gasteiger partial charge on any atom is 0.343 e. The lowest BCUT2D eigenvalue weighted by atomic mass is 9.49. The molecule has 6 atom stereocenters. The fourth-order valence-corrected chi connectivity index (χ4v) is 7.18.